The molecule has 140 valence electrons. The highest BCUT2D eigenvalue weighted by Gasteiger charge is 2.52. The van der Waals surface area contributed by atoms with Crippen LogP contribution in [0.4, 0.5) is 4.39 Å². The Balaban J connectivity index is 1.47. The molecule has 0 saturated heterocycles. The van der Waals surface area contributed by atoms with E-state index in [9.17, 15) is 14.0 Å². The molecule has 2 aromatic rings. The van der Waals surface area contributed by atoms with Crippen molar-refractivity contribution in [3.05, 3.63) is 59.9 Å². The minimum Gasteiger partial charge on any atom is -0.345 e. The Morgan fingerprint density at radius 3 is 2.11 bits per heavy atom. The smallest absolute Gasteiger partial charge is 0.270 e. The minimum absolute atomic E-state index is 0.181. The molecule has 2 aromatic heterocycles. The van der Waals surface area contributed by atoms with Crippen LogP contribution in [-0.4, -0.2) is 32.9 Å². The molecule has 2 aliphatic carbocycles. The highest BCUT2D eigenvalue weighted by atomic mass is 19.1. The zero-order valence-electron chi connectivity index (χ0n) is 14.9. The summed E-state index contributed by atoms with van der Waals surface area (Å²) in [7, 11) is 0. The Labute approximate surface area is 156 Å². The molecule has 6 nitrogen and oxygen atoms in total. The first-order valence-corrected chi connectivity index (χ1v) is 9.17. The van der Waals surface area contributed by atoms with Gasteiger partial charge in [0.2, 0.25) is 0 Å². The molecule has 2 aliphatic rings. The van der Waals surface area contributed by atoms with E-state index in [-0.39, 0.29) is 28.6 Å². The molecule has 2 N–H and O–H groups in total. The predicted octanol–water partition coefficient (Wildman–Crippen LogP) is 2.62. The second kappa shape index (κ2) is 6.72. The van der Waals surface area contributed by atoms with E-state index in [1.54, 1.807) is 24.4 Å². The van der Waals surface area contributed by atoms with Crippen LogP contribution in [0.5, 0.6) is 0 Å². The largest absolute Gasteiger partial charge is 0.345 e. The van der Waals surface area contributed by atoms with Gasteiger partial charge in [-0.15, -0.1) is 0 Å². The van der Waals surface area contributed by atoms with Gasteiger partial charge in [0.25, 0.3) is 11.8 Å². The molecule has 2 heterocycles. The number of carbonyl (C=O) groups is 2. The maximum Gasteiger partial charge on any atom is 0.270 e. The van der Waals surface area contributed by atoms with Gasteiger partial charge in [-0.3, -0.25) is 14.6 Å². The Kier molecular flexibility index (Phi) is 4.37. The summed E-state index contributed by atoms with van der Waals surface area (Å²) in [4.78, 5) is 33.1. The molecular weight excluding hydrogens is 347 g/mol. The van der Waals surface area contributed by atoms with Crippen molar-refractivity contribution < 1.29 is 14.0 Å². The Morgan fingerprint density at radius 1 is 0.889 bits per heavy atom. The van der Waals surface area contributed by atoms with Gasteiger partial charge in [-0.1, -0.05) is 6.07 Å². The Hall–Kier alpha value is -2.83. The molecule has 2 atom stereocenters. The maximum atomic E-state index is 13.0. The lowest BCUT2D eigenvalue weighted by Gasteiger charge is -2.40. The van der Waals surface area contributed by atoms with Gasteiger partial charge in [-0.05, 0) is 62.8 Å². The number of rotatable bonds is 4. The lowest BCUT2D eigenvalue weighted by Crippen LogP contribution is -2.55. The third-order valence-electron chi connectivity index (χ3n) is 5.68. The summed E-state index contributed by atoms with van der Waals surface area (Å²) in [6.07, 6.45) is 7.59. The van der Waals surface area contributed by atoms with Gasteiger partial charge >= 0.3 is 0 Å². The SMILES string of the molecule is O=C(N[C@@]12CCC[C@@](NC(=O)c3ccc(F)cn3)(CC1)C2)c1ccccn1. The first kappa shape index (κ1) is 17.6. The average molecular weight is 368 g/mol. The number of amides is 2. The molecular formula is C20H21FN4O2. The van der Waals surface area contributed by atoms with Crippen molar-refractivity contribution in [3.8, 4) is 0 Å². The van der Waals surface area contributed by atoms with Crippen LogP contribution in [0.15, 0.2) is 42.7 Å². The summed E-state index contributed by atoms with van der Waals surface area (Å²) >= 11 is 0. The Morgan fingerprint density at radius 2 is 1.56 bits per heavy atom. The molecule has 4 rings (SSSR count). The third kappa shape index (κ3) is 3.54. The summed E-state index contributed by atoms with van der Waals surface area (Å²) in [6, 6.07) is 7.87. The molecule has 0 spiro atoms. The van der Waals surface area contributed by atoms with Crippen molar-refractivity contribution in [2.75, 3.05) is 0 Å². The van der Waals surface area contributed by atoms with Crippen molar-refractivity contribution in [1.82, 2.24) is 20.6 Å². The normalized spacial score (nSPS) is 26.4. The summed E-state index contributed by atoms with van der Waals surface area (Å²) < 4.78 is 13.0. The van der Waals surface area contributed by atoms with Crippen LogP contribution in [0.2, 0.25) is 0 Å². The highest BCUT2D eigenvalue weighted by Crippen LogP contribution is 2.48. The molecule has 2 bridgehead atoms. The number of carbonyl (C=O) groups excluding carboxylic acids is 2. The van der Waals surface area contributed by atoms with Gasteiger partial charge in [-0.2, -0.15) is 0 Å². The maximum absolute atomic E-state index is 13.0. The second-order valence-electron chi connectivity index (χ2n) is 7.58. The van der Waals surface area contributed by atoms with Crippen LogP contribution in [0, 0.1) is 5.82 Å². The quantitative estimate of drug-likeness (QED) is 0.869. The predicted molar refractivity (Wildman–Crippen MR) is 96.5 cm³/mol. The van der Waals surface area contributed by atoms with E-state index in [4.69, 9.17) is 0 Å². The van der Waals surface area contributed by atoms with Crippen molar-refractivity contribution in [1.29, 1.82) is 0 Å². The van der Waals surface area contributed by atoms with E-state index >= 15 is 0 Å². The molecule has 7 heteroatoms. The lowest BCUT2D eigenvalue weighted by molar-refractivity contribution is 0.0827. The van der Waals surface area contributed by atoms with Crippen molar-refractivity contribution in [2.45, 2.75) is 49.6 Å². The number of hydrogen-bond acceptors (Lipinski definition) is 4. The number of hydrogen-bond donors (Lipinski definition) is 2. The van der Waals surface area contributed by atoms with Crippen LogP contribution in [-0.2, 0) is 0 Å². The number of pyridine rings is 2. The molecule has 2 saturated carbocycles. The van der Waals surface area contributed by atoms with Crippen LogP contribution < -0.4 is 10.6 Å². The molecule has 2 amide bonds. The molecule has 0 aromatic carbocycles. The van der Waals surface area contributed by atoms with Gasteiger partial charge in [-0.25, -0.2) is 9.37 Å². The lowest BCUT2D eigenvalue weighted by atomic mass is 9.78. The van der Waals surface area contributed by atoms with E-state index in [2.05, 4.69) is 20.6 Å². The summed E-state index contributed by atoms with van der Waals surface area (Å²) in [5.41, 5.74) is -0.0834. The third-order valence-corrected chi connectivity index (χ3v) is 5.68. The van der Waals surface area contributed by atoms with Crippen LogP contribution in [0.1, 0.15) is 59.5 Å². The fourth-order valence-electron chi connectivity index (χ4n) is 4.45. The van der Waals surface area contributed by atoms with E-state index in [1.807, 2.05) is 0 Å². The van der Waals surface area contributed by atoms with Crippen molar-refractivity contribution >= 4 is 11.8 Å². The fraction of sp³-hybridized carbons (Fsp3) is 0.400. The van der Waals surface area contributed by atoms with E-state index < -0.39 is 5.82 Å². The van der Waals surface area contributed by atoms with Gasteiger partial charge in [0.15, 0.2) is 0 Å². The second-order valence-corrected chi connectivity index (χ2v) is 7.58. The number of halogens is 1. The van der Waals surface area contributed by atoms with E-state index in [1.165, 1.54) is 12.1 Å². The molecule has 27 heavy (non-hydrogen) atoms. The molecule has 2 fully saturated rings. The zero-order valence-corrected chi connectivity index (χ0v) is 14.9. The van der Waals surface area contributed by atoms with Gasteiger partial charge < -0.3 is 10.6 Å². The summed E-state index contributed by atoms with van der Waals surface area (Å²) in [5, 5.41) is 6.27. The molecule has 0 unspecified atom stereocenters. The van der Waals surface area contributed by atoms with Crippen molar-refractivity contribution in [2.24, 2.45) is 0 Å². The number of fused-ring (bicyclic) bond motifs is 2. The number of nitrogens with one attached hydrogen (secondary N) is 2. The van der Waals surface area contributed by atoms with Crippen LogP contribution in [0.25, 0.3) is 0 Å². The minimum atomic E-state index is -0.473. The molecule has 0 radical (unpaired) electrons. The highest BCUT2D eigenvalue weighted by molar-refractivity contribution is 5.93. The number of nitrogens with zero attached hydrogens (tertiary/aromatic N) is 2. The zero-order chi connectivity index (χ0) is 18.9. The van der Waals surface area contributed by atoms with Crippen LogP contribution >= 0.6 is 0 Å². The molecule has 0 aliphatic heterocycles. The monoisotopic (exact) mass is 368 g/mol. The number of aromatic nitrogens is 2. The van der Waals surface area contributed by atoms with E-state index in [0.29, 0.717) is 12.1 Å². The average Bonchev–Trinajstić information content (AvgIpc) is 2.92. The van der Waals surface area contributed by atoms with Gasteiger partial charge in [0.05, 0.1) is 6.20 Å². The standard InChI is InChI=1S/C20H21FN4O2/c21-14-5-6-16(23-12-14)18(27)25-20-8-3-7-19(13-20,9-10-20)24-17(26)15-4-1-2-11-22-15/h1-2,4-6,11-12H,3,7-10,13H2,(H,24,26)(H,25,27)/t19-,20+/m0/s1. The first-order chi connectivity index (χ1) is 13.0. The van der Waals surface area contributed by atoms with E-state index in [0.717, 1.165) is 38.3 Å². The first-order valence-electron chi connectivity index (χ1n) is 9.17. The summed E-state index contributed by atoms with van der Waals surface area (Å²) in [5.74, 6) is -0.955. The Bertz CT molecular complexity index is 858. The fourth-order valence-corrected chi connectivity index (χ4v) is 4.45. The van der Waals surface area contributed by atoms with Gasteiger partial charge in [0.1, 0.15) is 17.2 Å². The van der Waals surface area contributed by atoms with Crippen molar-refractivity contribution in [3.63, 3.8) is 0 Å². The summed E-state index contributed by atoms with van der Waals surface area (Å²) in [6.45, 7) is 0. The van der Waals surface area contributed by atoms with Crippen LogP contribution in [0.3, 0.4) is 0 Å². The topological polar surface area (TPSA) is 84.0 Å². The van der Waals surface area contributed by atoms with Gasteiger partial charge in [0, 0.05) is 17.3 Å².